The van der Waals surface area contributed by atoms with Gasteiger partial charge in [-0.05, 0) is 65.7 Å². The Morgan fingerprint density at radius 1 is 0.338 bits per heavy atom. The van der Waals surface area contributed by atoms with E-state index >= 15 is 0 Å². The second kappa shape index (κ2) is 16.5. The van der Waals surface area contributed by atoms with Crippen molar-refractivity contribution in [1.29, 1.82) is 10.5 Å². The molecular formula is C58H35N7. The number of hydrogen-bond acceptors (Lipinski definition) is 6. The van der Waals surface area contributed by atoms with Gasteiger partial charge in [-0.3, -0.25) is 0 Å². The molecule has 0 saturated heterocycles. The molecule has 0 radical (unpaired) electrons. The van der Waals surface area contributed by atoms with Gasteiger partial charge in [0, 0.05) is 44.2 Å². The van der Waals surface area contributed by atoms with Gasteiger partial charge >= 0.3 is 0 Å². The number of nitriles is 2. The predicted octanol–water partition coefficient (Wildman–Crippen LogP) is 13.8. The number of rotatable bonds is 8. The third kappa shape index (κ3) is 7.26. The van der Waals surface area contributed by atoms with Crippen LogP contribution in [0.2, 0.25) is 0 Å². The highest BCUT2D eigenvalue weighted by Crippen LogP contribution is 2.40. The van der Waals surface area contributed by atoms with Crippen molar-refractivity contribution in [2.75, 3.05) is 0 Å². The van der Waals surface area contributed by atoms with E-state index in [2.05, 4.69) is 120 Å². The maximum Gasteiger partial charge on any atom is 0.162 e. The van der Waals surface area contributed by atoms with Crippen molar-refractivity contribution in [2.24, 2.45) is 0 Å². The molecule has 3 heterocycles. The Morgan fingerprint density at radius 3 is 1.37 bits per heavy atom. The SMILES string of the molecule is N#Cc1ccc(-c2ccc3c4ccccc4n(-c4ccc(-c5nc(-c6ccccc6)cc(-c6ccccc6)n5)cc4-c4nc(-c5ccccc5)cc(-c5ccccc5)n4)c3c2)c(C#N)c1. The third-order valence-electron chi connectivity index (χ3n) is 11.7. The molecular weight excluding hydrogens is 795 g/mol. The molecule has 0 bridgehead atoms. The van der Waals surface area contributed by atoms with Crippen LogP contribution in [0.5, 0.6) is 0 Å². The maximum absolute atomic E-state index is 10.2. The Balaban J connectivity index is 1.21. The van der Waals surface area contributed by atoms with Crippen LogP contribution in [0.25, 0.3) is 106 Å². The van der Waals surface area contributed by atoms with Crippen molar-refractivity contribution < 1.29 is 0 Å². The minimum Gasteiger partial charge on any atom is -0.308 e. The maximum atomic E-state index is 10.2. The molecule has 8 aromatic carbocycles. The molecule has 7 nitrogen and oxygen atoms in total. The van der Waals surface area contributed by atoms with Gasteiger partial charge in [-0.25, -0.2) is 19.9 Å². The van der Waals surface area contributed by atoms with Crippen molar-refractivity contribution in [2.45, 2.75) is 0 Å². The van der Waals surface area contributed by atoms with E-state index in [0.29, 0.717) is 22.8 Å². The number of fused-ring (bicyclic) bond motifs is 3. The first-order valence-corrected chi connectivity index (χ1v) is 21.2. The number of aromatic nitrogens is 5. The van der Waals surface area contributed by atoms with Crippen molar-refractivity contribution >= 4 is 21.8 Å². The quantitative estimate of drug-likeness (QED) is 0.151. The fourth-order valence-electron chi connectivity index (χ4n) is 8.58. The number of hydrogen-bond donors (Lipinski definition) is 0. The van der Waals surface area contributed by atoms with E-state index in [1.54, 1.807) is 12.1 Å². The van der Waals surface area contributed by atoms with Crippen LogP contribution in [0.3, 0.4) is 0 Å². The zero-order chi connectivity index (χ0) is 43.7. The normalized spacial score (nSPS) is 11.0. The number of nitrogens with zero attached hydrogens (tertiary/aromatic N) is 7. The summed E-state index contributed by atoms with van der Waals surface area (Å²) in [5, 5.41) is 22.0. The summed E-state index contributed by atoms with van der Waals surface area (Å²) in [7, 11) is 0. The Kier molecular flexibility index (Phi) is 9.82. The van der Waals surface area contributed by atoms with Crippen LogP contribution in [0, 0.1) is 22.7 Å². The minimum absolute atomic E-state index is 0.434. The average Bonchev–Trinajstić information content (AvgIpc) is 3.72. The first kappa shape index (κ1) is 38.6. The van der Waals surface area contributed by atoms with Crippen LogP contribution in [0.4, 0.5) is 0 Å². The van der Waals surface area contributed by atoms with Gasteiger partial charge in [-0.15, -0.1) is 0 Å². The van der Waals surface area contributed by atoms with E-state index in [1.165, 1.54) is 0 Å². The standard InChI is InChI=1S/C58H35N7/c59-36-38-25-28-46(45(31-38)37-60)43-26-29-48-47-23-13-14-24-54(47)65(56(48)33-43)55-30-27-44(57-61-50(39-15-5-1-6-16-39)34-51(62-57)40-17-7-2-8-18-40)32-49(55)58-63-52(41-19-9-3-10-20-41)35-53(64-58)42-21-11-4-12-22-42/h1-35H. The summed E-state index contributed by atoms with van der Waals surface area (Å²) in [5.41, 5.74) is 13.9. The third-order valence-corrected chi connectivity index (χ3v) is 11.7. The van der Waals surface area contributed by atoms with Crippen molar-refractivity contribution in [3.8, 4) is 96.8 Å². The zero-order valence-corrected chi connectivity index (χ0v) is 34.8. The Labute approximate surface area is 375 Å². The fourth-order valence-corrected chi connectivity index (χ4v) is 8.58. The van der Waals surface area contributed by atoms with Crippen LogP contribution in [-0.2, 0) is 0 Å². The molecule has 7 heteroatoms. The Bertz CT molecular complexity index is 3550. The summed E-state index contributed by atoms with van der Waals surface area (Å²) in [6, 6.07) is 75.6. The van der Waals surface area contributed by atoms with E-state index in [1.807, 2.05) is 97.1 Å². The van der Waals surface area contributed by atoms with E-state index in [-0.39, 0.29) is 0 Å². The topological polar surface area (TPSA) is 104 Å². The molecule has 0 fully saturated rings. The second-order valence-corrected chi connectivity index (χ2v) is 15.7. The summed E-state index contributed by atoms with van der Waals surface area (Å²) in [4.78, 5) is 21.2. The van der Waals surface area contributed by atoms with Gasteiger partial charge in [0.1, 0.15) is 0 Å². The molecule has 0 unspecified atom stereocenters. The van der Waals surface area contributed by atoms with Crippen molar-refractivity contribution in [3.05, 3.63) is 223 Å². The number of para-hydroxylation sites is 1. The van der Waals surface area contributed by atoms with Crippen LogP contribution >= 0.6 is 0 Å². The van der Waals surface area contributed by atoms with E-state index in [0.717, 1.165) is 94.8 Å². The molecule has 0 amide bonds. The van der Waals surface area contributed by atoms with Crippen LogP contribution in [0.15, 0.2) is 212 Å². The Morgan fingerprint density at radius 2 is 0.831 bits per heavy atom. The summed E-state index contributed by atoms with van der Waals surface area (Å²) in [6.45, 7) is 0. The molecule has 0 aliphatic rings. The summed E-state index contributed by atoms with van der Waals surface area (Å²) < 4.78 is 2.26. The lowest BCUT2D eigenvalue weighted by atomic mass is 9.97. The average molecular weight is 830 g/mol. The van der Waals surface area contributed by atoms with Gasteiger partial charge < -0.3 is 4.57 Å². The lowest BCUT2D eigenvalue weighted by molar-refractivity contribution is 1.13. The molecule has 0 aliphatic heterocycles. The van der Waals surface area contributed by atoms with E-state index in [4.69, 9.17) is 19.9 Å². The summed E-state index contributed by atoms with van der Waals surface area (Å²) >= 11 is 0. The zero-order valence-electron chi connectivity index (χ0n) is 34.8. The molecule has 0 atom stereocenters. The minimum atomic E-state index is 0.434. The van der Waals surface area contributed by atoms with Gasteiger partial charge in [0.2, 0.25) is 0 Å². The fraction of sp³-hybridized carbons (Fsp3) is 0. The highest BCUT2D eigenvalue weighted by Gasteiger charge is 2.22. The predicted molar refractivity (Wildman–Crippen MR) is 259 cm³/mol. The van der Waals surface area contributed by atoms with E-state index in [9.17, 15) is 10.5 Å². The van der Waals surface area contributed by atoms with Gasteiger partial charge in [0.05, 0.1) is 62.8 Å². The molecule has 0 spiro atoms. The highest BCUT2D eigenvalue weighted by atomic mass is 15.0. The molecule has 3 aromatic heterocycles. The van der Waals surface area contributed by atoms with Crippen molar-refractivity contribution in [3.63, 3.8) is 0 Å². The lowest BCUT2D eigenvalue weighted by Crippen LogP contribution is -2.03. The van der Waals surface area contributed by atoms with Gasteiger partial charge in [-0.2, -0.15) is 10.5 Å². The molecule has 0 N–H and O–H groups in total. The van der Waals surface area contributed by atoms with Gasteiger partial charge in [-0.1, -0.05) is 158 Å². The smallest absolute Gasteiger partial charge is 0.162 e. The van der Waals surface area contributed by atoms with Crippen LogP contribution in [-0.4, -0.2) is 24.5 Å². The largest absolute Gasteiger partial charge is 0.308 e. The van der Waals surface area contributed by atoms with Gasteiger partial charge in [0.15, 0.2) is 11.6 Å². The molecule has 11 aromatic rings. The van der Waals surface area contributed by atoms with Crippen molar-refractivity contribution in [1.82, 2.24) is 24.5 Å². The molecule has 0 saturated carbocycles. The van der Waals surface area contributed by atoms with Crippen LogP contribution in [0.1, 0.15) is 11.1 Å². The first-order chi connectivity index (χ1) is 32.1. The lowest BCUT2D eigenvalue weighted by Gasteiger charge is -2.17. The molecule has 0 aliphatic carbocycles. The second-order valence-electron chi connectivity index (χ2n) is 15.7. The molecule has 11 rings (SSSR count). The highest BCUT2D eigenvalue weighted by molar-refractivity contribution is 6.11. The Hall–Kier alpha value is -9.30. The number of benzene rings is 8. The molecule has 302 valence electrons. The molecule has 65 heavy (non-hydrogen) atoms. The summed E-state index contributed by atoms with van der Waals surface area (Å²) in [6.07, 6.45) is 0. The monoisotopic (exact) mass is 829 g/mol. The van der Waals surface area contributed by atoms with E-state index < -0.39 is 0 Å². The summed E-state index contributed by atoms with van der Waals surface area (Å²) in [5.74, 6) is 1.10. The first-order valence-electron chi connectivity index (χ1n) is 21.2. The van der Waals surface area contributed by atoms with Crippen LogP contribution < -0.4 is 0 Å². The van der Waals surface area contributed by atoms with Gasteiger partial charge in [0.25, 0.3) is 0 Å².